The molecule has 2 heterocycles. The van der Waals surface area contributed by atoms with Gasteiger partial charge in [0.25, 0.3) is 0 Å². The smallest absolute Gasteiger partial charge is 0.0776 e. The van der Waals surface area contributed by atoms with Crippen LogP contribution in [0.3, 0.4) is 0 Å². The Morgan fingerprint density at radius 1 is 1.56 bits per heavy atom. The van der Waals surface area contributed by atoms with E-state index in [9.17, 15) is 0 Å². The Morgan fingerprint density at radius 3 is 3.06 bits per heavy atom. The van der Waals surface area contributed by atoms with Crippen molar-refractivity contribution in [2.24, 2.45) is 0 Å². The van der Waals surface area contributed by atoms with Crippen LogP contribution in [-0.4, -0.2) is 35.1 Å². The van der Waals surface area contributed by atoms with Crippen molar-refractivity contribution in [1.82, 2.24) is 15.1 Å². The van der Waals surface area contributed by atoms with Crippen molar-refractivity contribution in [3.8, 4) is 0 Å². The minimum absolute atomic E-state index is 0.315. The van der Waals surface area contributed by atoms with Crippen molar-refractivity contribution in [3.05, 3.63) is 16.9 Å². The van der Waals surface area contributed by atoms with Crippen LogP contribution in [-0.2, 0) is 11.3 Å². The molecule has 1 saturated heterocycles. The minimum Gasteiger partial charge on any atom is -0.372 e. The van der Waals surface area contributed by atoms with Crippen LogP contribution in [0.1, 0.15) is 19.8 Å². The van der Waals surface area contributed by atoms with Gasteiger partial charge in [0.05, 0.1) is 29.4 Å². The fourth-order valence-corrected chi connectivity index (χ4v) is 2.34. The van der Waals surface area contributed by atoms with E-state index in [1.165, 1.54) is 0 Å². The van der Waals surface area contributed by atoms with Crippen LogP contribution in [0.25, 0.3) is 0 Å². The standard InChI is InChI=1S/C11H18BrN3O/c1-2-13-6-10-3-4-11(16-10)8-15-7-9(12)5-14-15/h5,7,10-11,13H,2-4,6,8H2,1H3. The number of rotatable bonds is 5. The summed E-state index contributed by atoms with van der Waals surface area (Å²) >= 11 is 3.39. The fraction of sp³-hybridized carbons (Fsp3) is 0.727. The summed E-state index contributed by atoms with van der Waals surface area (Å²) < 4.78 is 8.90. The van der Waals surface area contributed by atoms with E-state index in [0.29, 0.717) is 12.2 Å². The predicted octanol–water partition coefficient (Wildman–Crippen LogP) is 1.80. The number of nitrogens with one attached hydrogen (secondary N) is 1. The van der Waals surface area contributed by atoms with E-state index in [0.717, 1.165) is 36.9 Å². The predicted molar refractivity (Wildman–Crippen MR) is 66.4 cm³/mol. The van der Waals surface area contributed by atoms with Crippen LogP contribution in [0.15, 0.2) is 16.9 Å². The molecule has 0 aromatic carbocycles. The first-order valence-corrected chi connectivity index (χ1v) is 6.61. The summed E-state index contributed by atoms with van der Waals surface area (Å²) in [5.74, 6) is 0. The molecule has 0 amide bonds. The lowest BCUT2D eigenvalue weighted by atomic mass is 10.2. The van der Waals surface area contributed by atoms with Gasteiger partial charge < -0.3 is 10.1 Å². The van der Waals surface area contributed by atoms with Crippen LogP contribution in [0.5, 0.6) is 0 Å². The first kappa shape index (κ1) is 12.1. The lowest BCUT2D eigenvalue weighted by molar-refractivity contribution is 0.0345. The van der Waals surface area contributed by atoms with Gasteiger partial charge in [0.1, 0.15) is 0 Å². The minimum atomic E-state index is 0.315. The second-order valence-corrected chi connectivity index (χ2v) is 5.06. The second kappa shape index (κ2) is 5.80. The Labute approximate surface area is 104 Å². The molecule has 0 aliphatic carbocycles. The van der Waals surface area contributed by atoms with Gasteiger partial charge in [-0.05, 0) is 35.3 Å². The van der Waals surface area contributed by atoms with E-state index in [-0.39, 0.29) is 0 Å². The molecule has 0 radical (unpaired) electrons. The summed E-state index contributed by atoms with van der Waals surface area (Å²) in [6.07, 6.45) is 6.78. The summed E-state index contributed by atoms with van der Waals surface area (Å²) in [7, 11) is 0. The molecule has 90 valence electrons. The zero-order valence-corrected chi connectivity index (χ0v) is 11.1. The van der Waals surface area contributed by atoms with Gasteiger partial charge in [-0.1, -0.05) is 6.92 Å². The molecule has 1 aliphatic rings. The monoisotopic (exact) mass is 287 g/mol. The van der Waals surface area contributed by atoms with Crippen molar-refractivity contribution in [3.63, 3.8) is 0 Å². The zero-order chi connectivity index (χ0) is 11.4. The van der Waals surface area contributed by atoms with E-state index >= 15 is 0 Å². The number of likely N-dealkylation sites (N-methyl/N-ethyl adjacent to an activating group) is 1. The largest absolute Gasteiger partial charge is 0.372 e. The molecule has 1 fully saturated rings. The molecule has 0 saturated carbocycles. The highest BCUT2D eigenvalue weighted by Gasteiger charge is 2.25. The van der Waals surface area contributed by atoms with Gasteiger partial charge in [0.2, 0.25) is 0 Å². The van der Waals surface area contributed by atoms with E-state index in [2.05, 4.69) is 33.3 Å². The van der Waals surface area contributed by atoms with Crippen molar-refractivity contribution in [2.75, 3.05) is 13.1 Å². The highest BCUT2D eigenvalue weighted by molar-refractivity contribution is 9.10. The van der Waals surface area contributed by atoms with Gasteiger partial charge in [-0.2, -0.15) is 5.10 Å². The topological polar surface area (TPSA) is 39.1 Å². The average molecular weight is 288 g/mol. The van der Waals surface area contributed by atoms with Gasteiger partial charge in [0, 0.05) is 12.7 Å². The molecular formula is C11H18BrN3O. The van der Waals surface area contributed by atoms with Gasteiger partial charge >= 0.3 is 0 Å². The third kappa shape index (κ3) is 3.30. The Morgan fingerprint density at radius 2 is 2.38 bits per heavy atom. The molecule has 2 unspecified atom stereocenters. The second-order valence-electron chi connectivity index (χ2n) is 4.15. The quantitative estimate of drug-likeness (QED) is 0.898. The summed E-state index contributed by atoms with van der Waals surface area (Å²) in [4.78, 5) is 0. The third-order valence-electron chi connectivity index (χ3n) is 2.81. The van der Waals surface area contributed by atoms with Crippen molar-refractivity contribution in [2.45, 2.75) is 38.5 Å². The summed E-state index contributed by atoms with van der Waals surface area (Å²) in [5.41, 5.74) is 0. The van der Waals surface area contributed by atoms with Gasteiger partial charge in [0.15, 0.2) is 0 Å². The number of ether oxygens (including phenoxy) is 1. The normalized spacial score (nSPS) is 25.1. The highest BCUT2D eigenvalue weighted by Crippen LogP contribution is 2.20. The summed E-state index contributed by atoms with van der Waals surface area (Å²) in [6.45, 7) is 4.95. The van der Waals surface area contributed by atoms with E-state index in [1.54, 1.807) is 0 Å². The van der Waals surface area contributed by atoms with Gasteiger partial charge in [-0.15, -0.1) is 0 Å². The first-order valence-electron chi connectivity index (χ1n) is 5.82. The lowest BCUT2D eigenvalue weighted by Crippen LogP contribution is -2.27. The number of halogens is 1. The number of hydrogen-bond donors (Lipinski definition) is 1. The van der Waals surface area contributed by atoms with Crippen molar-refractivity contribution >= 4 is 15.9 Å². The van der Waals surface area contributed by atoms with Crippen LogP contribution in [0.4, 0.5) is 0 Å². The molecule has 1 aromatic heterocycles. The molecule has 0 spiro atoms. The lowest BCUT2D eigenvalue weighted by Gasteiger charge is -2.13. The molecule has 5 heteroatoms. The Bertz CT molecular complexity index is 329. The molecule has 2 atom stereocenters. The molecule has 2 rings (SSSR count). The third-order valence-corrected chi connectivity index (χ3v) is 3.22. The maximum Gasteiger partial charge on any atom is 0.0776 e. The highest BCUT2D eigenvalue weighted by atomic mass is 79.9. The molecule has 4 nitrogen and oxygen atoms in total. The van der Waals surface area contributed by atoms with Crippen molar-refractivity contribution in [1.29, 1.82) is 0 Å². The first-order chi connectivity index (χ1) is 7.78. The molecular weight excluding hydrogens is 270 g/mol. The number of aromatic nitrogens is 2. The van der Waals surface area contributed by atoms with E-state index in [1.807, 2.05) is 17.1 Å². The molecule has 1 aromatic rings. The zero-order valence-electron chi connectivity index (χ0n) is 9.53. The number of hydrogen-bond acceptors (Lipinski definition) is 3. The fourth-order valence-electron chi connectivity index (χ4n) is 2.02. The molecule has 16 heavy (non-hydrogen) atoms. The Kier molecular flexibility index (Phi) is 4.37. The van der Waals surface area contributed by atoms with Crippen LogP contribution < -0.4 is 5.32 Å². The summed E-state index contributed by atoms with van der Waals surface area (Å²) in [6, 6.07) is 0. The Balaban J connectivity index is 1.76. The number of nitrogens with zero attached hydrogens (tertiary/aromatic N) is 2. The maximum atomic E-state index is 5.94. The maximum absolute atomic E-state index is 5.94. The van der Waals surface area contributed by atoms with Gasteiger partial charge in [-0.25, -0.2) is 0 Å². The van der Waals surface area contributed by atoms with E-state index < -0.39 is 0 Å². The summed E-state index contributed by atoms with van der Waals surface area (Å²) in [5, 5.41) is 7.56. The van der Waals surface area contributed by atoms with Crippen LogP contribution in [0, 0.1) is 0 Å². The average Bonchev–Trinajstić information content (AvgIpc) is 2.86. The van der Waals surface area contributed by atoms with Crippen LogP contribution in [0.2, 0.25) is 0 Å². The van der Waals surface area contributed by atoms with E-state index in [4.69, 9.17) is 4.74 Å². The van der Waals surface area contributed by atoms with Crippen molar-refractivity contribution < 1.29 is 4.74 Å². The molecule has 0 bridgehead atoms. The van der Waals surface area contributed by atoms with Crippen LogP contribution >= 0.6 is 15.9 Å². The SMILES string of the molecule is CCNCC1CCC(Cn2cc(Br)cn2)O1. The molecule has 1 N–H and O–H groups in total. The Hall–Kier alpha value is -0.390. The van der Waals surface area contributed by atoms with Gasteiger partial charge in [-0.3, -0.25) is 4.68 Å². The molecule has 1 aliphatic heterocycles.